The fraction of sp³-hybridized carbons (Fsp3) is 0.121. The average molecular weight is 600 g/mol. The molecule has 3 aliphatic heterocycles. The van der Waals surface area contributed by atoms with Crippen LogP contribution in [0.1, 0.15) is 43.4 Å². The molecule has 0 saturated carbocycles. The highest BCUT2D eigenvalue weighted by Crippen LogP contribution is 2.62. The number of hydrogen-bond donors (Lipinski definition) is 1. The zero-order chi connectivity index (χ0) is 28.5. The second kappa shape index (κ2) is 9.59. The van der Waals surface area contributed by atoms with Gasteiger partial charge in [0.25, 0.3) is 0 Å². The molecule has 1 amide bonds. The topological polar surface area (TPSA) is 66.5 Å². The standard InChI is InChI=1S/C33H21Cl3N2O3/c34-19-13-14-22(25(36)17-19)29(39)27-28(30(40)21-9-3-5-11-24(21)35)38-16-15-18-7-1-2-8-20(18)31(38)33(27)23-10-4-6-12-26(23)37-32(33)41/h1-17,27-28,31H,(H,37,41)/t27-,28+,31+,33+/m1/s1. The van der Waals surface area contributed by atoms with E-state index in [2.05, 4.69) is 5.32 Å². The number of amides is 1. The van der Waals surface area contributed by atoms with E-state index in [1.54, 1.807) is 36.4 Å². The predicted molar refractivity (Wildman–Crippen MR) is 161 cm³/mol. The van der Waals surface area contributed by atoms with Crippen LogP contribution in [0.5, 0.6) is 0 Å². The summed E-state index contributed by atoms with van der Waals surface area (Å²) >= 11 is 19.3. The molecule has 0 aromatic heterocycles. The molecule has 0 bridgehead atoms. The highest BCUT2D eigenvalue weighted by molar-refractivity contribution is 6.37. The van der Waals surface area contributed by atoms with Gasteiger partial charge in [0.15, 0.2) is 11.6 Å². The molecule has 3 aliphatic rings. The molecule has 3 heterocycles. The van der Waals surface area contributed by atoms with Gasteiger partial charge >= 0.3 is 0 Å². The van der Waals surface area contributed by atoms with E-state index in [1.165, 1.54) is 6.07 Å². The molecule has 8 heteroatoms. The molecule has 4 aromatic rings. The molecule has 5 nitrogen and oxygen atoms in total. The van der Waals surface area contributed by atoms with Crippen LogP contribution in [0.4, 0.5) is 5.69 Å². The maximum absolute atomic E-state index is 14.8. The summed E-state index contributed by atoms with van der Waals surface area (Å²) in [4.78, 5) is 45.8. The molecule has 7 rings (SSSR count). The van der Waals surface area contributed by atoms with E-state index >= 15 is 0 Å². The number of benzene rings is 4. The predicted octanol–water partition coefficient (Wildman–Crippen LogP) is 7.63. The number of carbonyl (C=O) groups excluding carboxylic acids is 3. The van der Waals surface area contributed by atoms with Gasteiger partial charge in [0.05, 0.1) is 22.0 Å². The lowest BCUT2D eigenvalue weighted by Crippen LogP contribution is -2.49. The summed E-state index contributed by atoms with van der Waals surface area (Å²) in [5.74, 6) is -2.29. The van der Waals surface area contributed by atoms with Crippen LogP contribution >= 0.6 is 34.8 Å². The van der Waals surface area contributed by atoms with Crippen molar-refractivity contribution in [3.05, 3.63) is 140 Å². The van der Waals surface area contributed by atoms with Crippen LogP contribution in [-0.4, -0.2) is 28.4 Å². The van der Waals surface area contributed by atoms with Crippen LogP contribution in [0.2, 0.25) is 15.1 Å². The quantitative estimate of drug-likeness (QED) is 0.245. The van der Waals surface area contributed by atoms with Gasteiger partial charge in [-0.3, -0.25) is 14.4 Å². The summed E-state index contributed by atoms with van der Waals surface area (Å²) in [6, 6.07) is 24.7. The zero-order valence-electron chi connectivity index (χ0n) is 21.4. The van der Waals surface area contributed by atoms with E-state index in [0.29, 0.717) is 16.3 Å². The van der Waals surface area contributed by atoms with Gasteiger partial charge < -0.3 is 10.2 Å². The highest BCUT2D eigenvalue weighted by atomic mass is 35.5. The Labute approximate surface area is 251 Å². The SMILES string of the molecule is O=C(c1ccccc1Cl)[C@@H]1[C@H](C(=O)c2ccc(Cl)cc2Cl)[C@]2(C(=O)Nc3ccccc32)[C@@H]2c3ccccc3C=CN12. The van der Waals surface area contributed by atoms with Gasteiger partial charge in [0, 0.05) is 28.0 Å². The number of para-hydroxylation sites is 1. The molecule has 202 valence electrons. The first-order chi connectivity index (χ1) is 19.8. The average Bonchev–Trinajstić information content (AvgIpc) is 3.45. The largest absolute Gasteiger partial charge is 0.358 e. The van der Waals surface area contributed by atoms with Crippen LogP contribution in [0.15, 0.2) is 97.2 Å². The van der Waals surface area contributed by atoms with Crippen LogP contribution in [0.3, 0.4) is 0 Å². The molecule has 1 fully saturated rings. The van der Waals surface area contributed by atoms with Crippen molar-refractivity contribution in [2.75, 3.05) is 5.32 Å². The van der Waals surface area contributed by atoms with E-state index in [4.69, 9.17) is 34.8 Å². The Morgan fingerprint density at radius 3 is 2.29 bits per heavy atom. The molecular weight excluding hydrogens is 579 g/mol. The normalized spacial score (nSPS) is 23.6. The number of Topliss-reactive ketones (excluding diaryl/α,β-unsaturated/α-hetero) is 2. The summed E-state index contributed by atoms with van der Waals surface area (Å²) in [6.07, 6.45) is 3.73. The number of carbonyl (C=O) groups is 3. The molecule has 41 heavy (non-hydrogen) atoms. The number of fused-ring (bicyclic) bond motifs is 6. The number of ketones is 2. The van der Waals surface area contributed by atoms with Gasteiger partial charge in [-0.2, -0.15) is 0 Å². The Hall–Kier alpha value is -3.90. The second-order valence-corrected chi connectivity index (χ2v) is 11.7. The maximum Gasteiger partial charge on any atom is 0.238 e. The number of nitrogens with one attached hydrogen (secondary N) is 1. The highest BCUT2D eigenvalue weighted by Gasteiger charge is 2.70. The second-order valence-electron chi connectivity index (χ2n) is 10.4. The van der Waals surface area contributed by atoms with E-state index in [-0.39, 0.29) is 32.9 Å². The first-order valence-corrected chi connectivity index (χ1v) is 14.2. The number of halogens is 3. The monoisotopic (exact) mass is 598 g/mol. The number of hydrogen-bond acceptors (Lipinski definition) is 4. The third-order valence-electron chi connectivity index (χ3n) is 8.46. The van der Waals surface area contributed by atoms with Crippen molar-refractivity contribution in [3.8, 4) is 0 Å². The molecule has 0 aliphatic carbocycles. The van der Waals surface area contributed by atoms with Crippen molar-refractivity contribution < 1.29 is 14.4 Å². The third-order valence-corrected chi connectivity index (χ3v) is 9.33. The van der Waals surface area contributed by atoms with Crippen LogP contribution in [0.25, 0.3) is 6.08 Å². The lowest BCUT2D eigenvalue weighted by molar-refractivity contribution is -0.122. The van der Waals surface area contributed by atoms with Crippen molar-refractivity contribution in [3.63, 3.8) is 0 Å². The maximum atomic E-state index is 14.8. The fourth-order valence-corrected chi connectivity index (χ4v) is 7.58. The molecule has 4 atom stereocenters. The van der Waals surface area contributed by atoms with Crippen LogP contribution in [-0.2, 0) is 10.2 Å². The van der Waals surface area contributed by atoms with E-state index in [9.17, 15) is 14.4 Å². The van der Waals surface area contributed by atoms with Crippen molar-refractivity contribution in [1.29, 1.82) is 0 Å². The van der Waals surface area contributed by atoms with E-state index < -0.39 is 29.2 Å². The minimum Gasteiger partial charge on any atom is -0.358 e. The van der Waals surface area contributed by atoms with Gasteiger partial charge in [-0.25, -0.2) is 0 Å². The van der Waals surface area contributed by atoms with Gasteiger partial charge in [0.1, 0.15) is 11.5 Å². The Kier molecular flexibility index (Phi) is 6.09. The van der Waals surface area contributed by atoms with Crippen LogP contribution in [0, 0.1) is 5.92 Å². The molecule has 1 N–H and O–H groups in total. The Bertz CT molecular complexity index is 1820. The van der Waals surface area contributed by atoms with Crippen molar-refractivity contribution in [1.82, 2.24) is 4.90 Å². The summed E-state index contributed by atoms with van der Waals surface area (Å²) in [5, 5.41) is 3.82. The molecular formula is C33H21Cl3N2O3. The molecule has 0 radical (unpaired) electrons. The summed E-state index contributed by atoms with van der Waals surface area (Å²) < 4.78 is 0. The van der Waals surface area contributed by atoms with Gasteiger partial charge in [-0.1, -0.05) is 89.4 Å². The molecule has 4 aromatic carbocycles. The van der Waals surface area contributed by atoms with Gasteiger partial charge in [-0.15, -0.1) is 0 Å². The smallest absolute Gasteiger partial charge is 0.238 e. The van der Waals surface area contributed by atoms with E-state index in [1.807, 2.05) is 65.7 Å². The number of rotatable bonds is 4. The Morgan fingerprint density at radius 2 is 1.49 bits per heavy atom. The molecule has 0 unspecified atom stereocenters. The fourth-order valence-electron chi connectivity index (χ4n) is 6.84. The minimum absolute atomic E-state index is 0.147. The molecule has 1 saturated heterocycles. The van der Waals surface area contributed by atoms with E-state index in [0.717, 1.165) is 11.1 Å². The summed E-state index contributed by atoms with van der Waals surface area (Å²) in [7, 11) is 0. The zero-order valence-corrected chi connectivity index (χ0v) is 23.6. The Balaban J connectivity index is 1.56. The first kappa shape index (κ1) is 26.0. The van der Waals surface area contributed by atoms with Crippen molar-refractivity contribution >= 4 is 64.0 Å². The van der Waals surface area contributed by atoms with Gasteiger partial charge in [0.2, 0.25) is 5.91 Å². The number of anilines is 1. The minimum atomic E-state index is -1.46. The van der Waals surface area contributed by atoms with Crippen LogP contribution < -0.4 is 5.32 Å². The summed E-state index contributed by atoms with van der Waals surface area (Å²) in [5.41, 5.74) is 2.01. The van der Waals surface area contributed by atoms with Crippen molar-refractivity contribution in [2.24, 2.45) is 5.92 Å². The van der Waals surface area contributed by atoms with Crippen molar-refractivity contribution in [2.45, 2.75) is 17.5 Å². The summed E-state index contributed by atoms with van der Waals surface area (Å²) in [6.45, 7) is 0. The first-order valence-electron chi connectivity index (χ1n) is 13.1. The lowest BCUT2D eigenvalue weighted by atomic mass is 9.62. The lowest BCUT2D eigenvalue weighted by Gasteiger charge is -2.38. The Morgan fingerprint density at radius 1 is 0.780 bits per heavy atom. The third kappa shape index (κ3) is 3.66. The van der Waals surface area contributed by atoms with Gasteiger partial charge in [-0.05, 0) is 59.2 Å². The molecule has 1 spiro atoms. The number of nitrogens with zero attached hydrogens (tertiary/aromatic N) is 1.